The third kappa shape index (κ3) is 5.43. The second-order valence-electron chi connectivity index (χ2n) is 12.4. The maximum atomic E-state index is 12.2. The van der Waals surface area contributed by atoms with E-state index in [-0.39, 0.29) is 18.1 Å². The normalized spacial score (nSPS) is 23.5. The predicted octanol–water partition coefficient (Wildman–Crippen LogP) is 4.08. The Balaban J connectivity index is 1.59. The van der Waals surface area contributed by atoms with Gasteiger partial charge in [0.05, 0.1) is 11.5 Å². The average molecular weight is 579 g/mol. The number of aromatic amines is 1. The summed E-state index contributed by atoms with van der Waals surface area (Å²) < 4.78 is 0. The number of nitrogens with one attached hydrogen (secondary N) is 2. The first-order valence-electron chi connectivity index (χ1n) is 15.0. The van der Waals surface area contributed by atoms with Crippen LogP contribution >= 0.6 is 0 Å². The molecule has 9 heteroatoms. The zero-order valence-corrected chi connectivity index (χ0v) is 25.6. The number of amides is 1. The number of benzene rings is 2. The molecule has 1 aliphatic heterocycles. The molecule has 1 aliphatic carbocycles. The number of fused-ring (bicyclic) bond motifs is 2. The van der Waals surface area contributed by atoms with E-state index in [1.165, 1.54) is 0 Å². The van der Waals surface area contributed by atoms with Gasteiger partial charge in [-0.2, -0.15) is 5.26 Å². The Morgan fingerprint density at radius 2 is 1.77 bits per heavy atom. The van der Waals surface area contributed by atoms with Crippen molar-refractivity contribution in [2.24, 2.45) is 17.4 Å². The number of H-pyrrole nitrogens is 1. The van der Waals surface area contributed by atoms with Gasteiger partial charge in [0.15, 0.2) is 0 Å². The van der Waals surface area contributed by atoms with Gasteiger partial charge in [0.25, 0.3) is 0 Å². The van der Waals surface area contributed by atoms with Gasteiger partial charge in [-0.1, -0.05) is 38.3 Å². The highest BCUT2D eigenvalue weighted by molar-refractivity contribution is 5.93. The van der Waals surface area contributed by atoms with Crippen LogP contribution in [0.25, 0.3) is 5.70 Å². The van der Waals surface area contributed by atoms with Gasteiger partial charge in [0.2, 0.25) is 5.91 Å². The van der Waals surface area contributed by atoms with E-state index >= 15 is 0 Å². The number of aromatic nitrogens is 3. The van der Waals surface area contributed by atoms with E-state index in [0.29, 0.717) is 30.1 Å². The SMILES string of the molecule is C=C(N)c1ccc2c(c1)CCc1cc(C(N)=O)ccc1C2(C[C@H](C)NCC(=C)N1C(C#N)CC(C)[C@@H]1C)c1nnc(C)[nH]1. The first-order valence-corrected chi connectivity index (χ1v) is 15.0. The highest BCUT2D eigenvalue weighted by Crippen LogP contribution is 2.47. The molecule has 1 amide bonds. The Kier molecular flexibility index (Phi) is 8.17. The molecule has 1 saturated heterocycles. The monoisotopic (exact) mass is 578 g/mol. The lowest BCUT2D eigenvalue weighted by atomic mass is 9.67. The molecule has 5 rings (SSSR count). The molecular formula is C34H42N8O. The number of primary amides is 1. The Hall–Kier alpha value is -4.42. The topological polar surface area (TPSA) is 150 Å². The number of likely N-dealkylation sites (tertiary alicyclic amines) is 1. The number of nitrogens with two attached hydrogens (primary N) is 2. The molecule has 9 nitrogen and oxygen atoms in total. The van der Waals surface area contributed by atoms with Crippen molar-refractivity contribution in [3.05, 3.63) is 100 Å². The molecule has 3 unspecified atom stereocenters. The van der Waals surface area contributed by atoms with Crippen molar-refractivity contribution in [2.45, 2.75) is 76.9 Å². The molecule has 0 spiro atoms. The van der Waals surface area contributed by atoms with Gasteiger partial charge >= 0.3 is 0 Å². The highest BCUT2D eigenvalue weighted by Gasteiger charge is 2.45. The third-order valence-electron chi connectivity index (χ3n) is 9.43. The van der Waals surface area contributed by atoms with E-state index in [4.69, 9.17) is 11.5 Å². The van der Waals surface area contributed by atoms with Crippen LogP contribution < -0.4 is 16.8 Å². The van der Waals surface area contributed by atoms with E-state index in [0.717, 1.165) is 64.4 Å². The van der Waals surface area contributed by atoms with Gasteiger partial charge in [0, 0.05) is 35.6 Å². The van der Waals surface area contributed by atoms with Gasteiger partial charge < -0.3 is 26.7 Å². The molecule has 3 aromatic rings. The maximum Gasteiger partial charge on any atom is 0.248 e. The number of hydrogen-bond donors (Lipinski definition) is 4. The lowest BCUT2D eigenvalue weighted by Crippen LogP contribution is -2.43. The molecular weight excluding hydrogens is 536 g/mol. The van der Waals surface area contributed by atoms with Crippen LogP contribution in [0.2, 0.25) is 0 Å². The lowest BCUT2D eigenvalue weighted by molar-refractivity contribution is 0.1000. The minimum Gasteiger partial charge on any atom is -0.399 e. The zero-order chi connectivity index (χ0) is 31.1. The maximum absolute atomic E-state index is 12.2. The predicted molar refractivity (Wildman–Crippen MR) is 169 cm³/mol. The quantitative estimate of drug-likeness (QED) is 0.299. The van der Waals surface area contributed by atoms with Crippen LogP contribution in [-0.2, 0) is 18.3 Å². The molecule has 0 bridgehead atoms. The summed E-state index contributed by atoms with van der Waals surface area (Å²) in [4.78, 5) is 17.8. The van der Waals surface area contributed by atoms with E-state index in [1.54, 1.807) is 6.07 Å². The minimum absolute atomic E-state index is 0.00297. The fourth-order valence-corrected chi connectivity index (χ4v) is 7.07. The molecule has 1 fully saturated rings. The number of nitrogens with zero attached hydrogens (tertiary/aromatic N) is 4. The summed E-state index contributed by atoms with van der Waals surface area (Å²) in [7, 11) is 0. The summed E-state index contributed by atoms with van der Waals surface area (Å²) in [6.07, 6.45) is 2.96. The summed E-state index contributed by atoms with van der Waals surface area (Å²) >= 11 is 0. The number of carbonyl (C=O) groups is 1. The molecule has 6 N–H and O–H groups in total. The number of nitriles is 1. The fraction of sp³-hybridized carbons (Fsp3) is 0.412. The Morgan fingerprint density at radius 3 is 2.33 bits per heavy atom. The largest absolute Gasteiger partial charge is 0.399 e. The van der Waals surface area contributed by atoms with E-state index in [9.17, 15) is 10.1 Å². The number of aryl methyl sites for hydroxylation is 3. The summed E-state index contributed by atoms with van der Waals surface area (Å²) in [5.41, 5.74) is 18.3. The van der Waals surface area contributed by atoms with E-state index in [1.807, 2.05) is 25.1 Å². The number of hydrogen-bond acceptors (Lipinski definition) is 7. The van der Waals surface area contributed by atoms with Gasteiger partial charge in [-0.3, -0.25) is 4.79 Å². The smallest absolute Gasteiger partial charge is 0.248 e. The zero-order valence-electron chi connectivity index (χ0n) is 25.6. The molecule has 1 aromatic heterocycles. The second-order valence-corrected chi connectivity index (χ2v) is 12.4. The van der Waals surface area contributed by atoms with Gasteiger partial charge in [-0.25, -0.2) is 0 Å². The molecule has 2 aliphatic rings. The van der Waals surface area contributed by atoms with Crippen LogP contribution in [0.1, 0.15) is 83.4 Å². The Morgan fingerprint density at radius 1 is 1.14 bits per heavy atom. The summed E-state index contributed by atoms with van der Waals surface area (Å²) in [6.45, 7) is 17.3. The molecule has 0 saturated carbocycles. The van der Waals surface area contributed by atoms with Crippen LogP contribution in [0.5, 0.6) is 0 Å². The summed E-state index contributed by atoms with van der Waals surface area (Å²) in [5, 5.41) is 22.6. The fourth-order valence-electron chi connectivity index (χ4n) is 7.07. The lowest BCUT2D eigenvalue weighted by Gasteiger charge is -2.38. The number of carbonyl (C=O) groups excluding carboxylic acids is 1. The van der Waals surface area contributed by atoms with E-state index in [2.05, 4.69) is 77.5 Å². The van der Waals surface area contributed by atoms with Crippen molar-refractivity contribution in [2.75, 3.05) is 6.54 Å². The molecule has 2 aromatic carbocycles. The Labute approximate surface area is 254 Å². The molecule has 5 atom stereocenters. The van der Waals surface area contributed by atoms with Crippen LogP contribution in [0.3, 0.4) is 0 Å². The first-order chi connectivity index (χ1) is 20.5. The van der Waals surface area contributed by atoms with Crippen molar-refractivity contribution < 1.29 is 4.79 Å². The van der Waals surface area contributed by atoms with Gasteiger partial charge in [-0.15, -0.1) is 10.2 Å². The third-order valence-corrected chi connectivity index (χ3v) is 9.43. The minimum atomic E-state index is -0.717. The second kappa shape index (κ2) is 11.7. The summed E-state index contributed by atoms with van der Waals surface area (Å²) in [6, 6.07) is 14.6. The van der Waals surface area contributed by atoms with Crippen LogP contribution in [0.15, 0.2) is 55.3 Å². The standard InChI is InChI=1S/C34H42N8O/c1-19-13-29(17-35)42(23(19)5)21(3)18-38-20(2)16-34(33-39-24(6)40-41-33)30-11-9-25(22(4)36)14-26(30)7-8-27-15-28(32(37)43)10-12-31(27)34/h9-12,14-15,19-20,23,29,38H,3-4,7-8,13,16,18,36H2,1-2,5-6H3,(H2,37,43)(H,39,40,41)/t19?,20-,23-,29?,34?/m0/s1. The van der Waals surface area contributed by atoms with Crippen LogP contribution in [0.4, 0.5) is 0 Å². The van der Waals surface area contributed by atoms with Crippen molar-refractivity contribution >= 4 is 11.6 Å². The molecule has 224 valence electrons. The Bertz CT molecular complexity index is 1550. The number of rotatable bonds is 9. The van der Waals surface area contributed by atoms with Crippen molar-refractivity contribution in [1.82, 2.24) is 25.4 Å². The van der Waals surface area contributed by atoms with Crippen LogP contribution in [0, 0.1) is 24.2 Å². The average Bonchev–Trinajstić information content (AvgIpc) is 3.51. The van der Waals surface area contributed by atoms with Crippen LogP contribution in [-0.4, -0.2) is 50.7 Å². The summed E-state index contributed by atoms with van der Waals surface area (Å²) in [5.74, 6) is 1.42. The van der Waals surface area contributed by atoms with Gasteiger partial charge in [0.1, 0.15) is 17.7 Å². The molecule has 0 radical (unpaired) electrons. The first kappa shape index (κ1) is 30.1. The molecule has 43 heavy (non-hydrogen) atoms. The highest BCUT2D eigenvalue weighted by atomic mass is 16.1. The van der Waals surface area contributed by atoms with Crippen molar-refractivity contribution in [3.8, 4) is 6.07 Å². The molecule has 2 heterocycles. The van der Waals surface area contributed by atoms with E-state index < -0.39 is 11.3 Å². The van der Waals surface area contributed by atoms with Crippen molar-refractivity contribution in [1.29, 1.82) is 5.26 Å². The van der Waals surface area contributed by atoms with Crippen molar-refractivity contribution in [3.63, 3.8) is 0 Å². The van der Waals surface area contributed by atoms with Gasteiger partial charge in [-0.05, 0) is 98.4 Å².